The monoisotopic (exact) mass is 297 g/mol. The molecular weight excluding hydrogens is 289 g/mol. The average Bonchev–Trinajstić information content (AvgIpc) is 2.41. The van der Waals surface area contributed by atoms with E-state index in [0.29, 0.717) is 0 Å². The molecule has 0 aliphatic heterocycles. The van der Waals surface area contributed by atoms with Gasteiger partial charge in [0, 0.05) is 12.1 Å². The lowest BCUT2D eigenvalue weighted by Crippen LogP contribution is -2.10. The maximum atomic E-state index is 13.3. The molecule has 0 atom stereocenters. The lowest BCUT2D eigenvalue weighted by Gasteiger charge is -2.07. The fraction of sp³-hybridized carbons (Fsp3) is 0. The van der Waals surface area contributed by atoms with Gasteiger partial charge in [-0.25, -0.2) is 4.39 Å². The lowest BCUT2D eigenvalue weighted by atomic mass is 10.3. The second kappa shape index (κ2) is 5.25. The van der Waals surface area contributed by atoms with Crippen LogP contribution in [0.1, 0.15) is 0 Å². The SMILES string of the molecule is O=[N+]([O-])c1ccc(S(=O)(=O)Oc2ccccc2F)cc1. The first-order valence-corrected chi connectivity index (χ1v) is 6.74. The number of non-ortho nitro benzene ring substituents is 1. The van der Waals surface area contributed by atoms with E-state index >= 15 is 0 Å². The van der Waals surface area contributed by atoms with Gasteiger partial charge >= 0.3 is 10.1 Å². The zero-order chi connectivity index (χ0) is 14.8. The number of nitro groups is 1. The van der Waals surface area contributed by atoms with E-state index in [9.17, 15) is 22.9 Å². The Labute approximate surface area is 113 Å². The van der Waals surface area contributed by atoms with Crippen LogP contribution in [0.5, 0.6) is 5.75 Å². The molecule has 0 saturated carbocycles. The fourth-order valence-electron chi connectivity index (χ4n) is 1.41. The Morgan fingerprint density at radius 2 is 1.65 bits per heavy atom. The van der Waals surface area contributed by atoms with Crippen molar-refractivity contribution in [2.24, 2.45) is 0 Å². The van der Waals surface area contributed by atoms with Gasteiger partial charge in [-0.15, -0.1) is 0 Å². The van der Waals surface area contributed by atoms with E-state index in [0.717, 1.165) is 36.4 Å². The standard InChI is InChI=1S/C12H8FNO5S/c13-11-3-1-2-4-12(11)19-20(17,18)10-7-5-9(6-8-10)14(15)16/h1-8H. The largest absolute Gasteiger partial charge is 0.376 e. The predicted octanol–water partition coefficient (Wildman–Crippen LogP) is 2.50. The third kappa shape index (κ3) is 2.91. The molecule has 0 aromatic heterocycles. The summed E-state index contributed by atoms with van der Waals surface area (Å²) in [6, 6.07) is 9.13. The molecule has 0 fully saturated rings. The summed E-state index contributed by atoms with van der Waals surface area (Å²) >= 11 is 0. The first kappa shape index (κ1) is 13.9. The molecule has 0 aliphatic carbocycles. The molecule has 0 saturated heterocycles. The number of nitro benzene ring substituents is 1. The molecule has 0 spiro atoms. The maximum Gasteiger partial charge on any atom is 0.339 e. The van der Waals surface area contributed by atoms with Gasteiger partial charge in [0.2, 0.25) is 0 Å². The highest BCUT2D eigenvalue weighted by Gasteiger charge is 2.19. The van der Waals surface area contributed by atoms with Gasteiger partial charge in [-0.1, -0.05) is 12.1 Å². The number of para-hydroxylation sites is 1. The van der Waals surface area contributed by atoms with E-state index in [4.69, 9.17) is 0 Å². The van der Waals surface area contributed by atoms with E-state index in [2.05, 4.69) is 4.18 Å². The second-order valence-electron chi connectivity index (χ2n) is 3.72. The van der Waals surface area contributed by atoms with E-state index in [1.54, 1.807) is 0 Å². The van der Waals surface area contributed by atoms with Gasteiger partial charge < -0.3 is 4.18 Å². The van der Waals surface area contributed by atoms with Crippen LogP contribution in [0.3, 0.4) is 0 Å². The van der Waals surface area contributed by atoms with Crippen molar-refractivity contribution < 1.29 is 21.9 Å². The van der Waals surface area contributed by atoms with Gasteiger partial charge in [0.25, 0.3) is 5.69 Å². The summed E-state index contributed by atoms with van der Waals surface area (Å²) in [6.45, 7) is 0. The first-order chi connectivity index (χ1) is 9.40. The van der Waals surface area contributed by atoms with Crippen LogP contribution >= 0.6 is 0 Å². The highest BCUT2D eigenvalue weighted by atomic mass is 32.2. The van der Waals surface area contributed by atoms with Gasteiger partial charge in [0.15, 0.2) is 11.6 Å². The van der Waals surface area contributed by atoms with E-state index < -0.39 is 26.6 Å². The van der Waals surface area contributed by atoms with E-state index in [-0.39, 0.29) is 10.6 Å². The smallest absolute Gasteiger partial charge is 0.339 e. The third-order valence-corrected chi connectivity index (χ3v) is 3.62. The molecule has 0 radical (unpaired) electrons. The van der Waals surface area contributed by atoms with Crippen LogP contribution < -0.4 is 4.18 Å². The summed E-state index contributed by atoms with van der Waals surface area (Å²) in [6.07, 6.45) is 0. The summed E-state index contributed by atoms with van der Waals surface area (Å²) in [7, 11) is -4.24. The Balaban J connectivity index is 2.31. The number of hydrogen-bond acceptors (Lipinski definition) is 5. The Kier molecular flexibility index (Phi) is 3.66. The van der Waals surface area contributed by atoms with Gasteiger partial charge in [0.05, 0.1) is 4.92 Å². The molecule has 8 heteroatoms. The molecular formula is C12H8FNO5S. The van der Waals surface area contributed by atoms with Gasteiger partial charge in [-0.05, 0) is 24.3 Å². The lowest BCUT2D eigenvalue weighted by molar-refractivity contribution is -0.384. The summed E-state index contributed by atoms with van der Waals surface area (Å²) < 4.78 is 41.7. The minimum atomic E-state index is -4.24. The van der Waals surface area contributed by atoms with Crippen molar-refractivity contribution in [1.29, 1.82) is 0 Å². The number of halogens is 1. The minimum Gasteiger partial charge on any atom is -0.376 e. The van der Waals surface area contributed by atoms with Crippen LogP contribution in [-0.4, -0.2) is 13.3 Å². The van der Waals surface area contributed by atoms with Crippen LogP contribution in [-0.2, 0) is 10.1 Å². The summed E-state index contributed by atoms with van der Waals surface area (Å²) in [5, 5.41) is 10.5. The van der Waals surface area contributed by atoms with Crippen molar-refractivity contribution >= 4 is 15.8 Å². The molecule has 0 amide bonds. The third-order valence-electron chi connectivity index (χ3n) is 2.37. The maximum absolute atomic E-state index is 13.3. The molecule has 0 N–H and O–H groups in total. The molecule has 0 heterocycles. The average molecular weight is 297 g/mol. The Hall–Kier alpha value is -2.48. The predicted molar refractivity (Wildman–Crippen MR) is 67.3 cm³/mol. The number of hydrogen-bond donors (Lipinski definition) is 0. The molecule has 20 heavy (non-hydrogen) atoms. The van der Waals surface area contributed by atoms with Crippen LogP contribution in [0, 0.1) is 15.9 Å². The molecule has 0 unspecified atom stereocenters. The van der Waals surface area contributed by atoms with Gasteiger partial charge in [-0.2, -0.15) is 8.42 Å². The zero-order valence-corrected chi connectivity index (χ0v) is 10.7. The number of benzene rings is 2. The van der Waals surface area contributed by atoms with Crippen molar-refractivity contribution in [3.8, 4) is 5.75 Å². The van der Waals surface area contributed by atoms with Gasteiger partial charge in [-0.3, -0.25) is 10.1 Å². The molecule has 0 bridgehead atoms. The van der Waals surface area contributed by atoms with Crippen LogP contribution in [0.25, 0.3) is 0 Å². The van der Waals surface area contributed by atoms with Crippen LogP contribution in [0.4, 0.5) is 10.1 Å². The highest BCUT2D eigenvalue weighted by molar-refractivity contribution is 7.87. The fourth-order valence-corrected chi connectivity index (χ4v) is 2.35. The van der Waals surface area contributed by atoms with Crippen molar-refractivity contribution in [3.05, 3.63) is 64.5 Å². The molecule has 2 aromatic carbocycles. The summed E-state index contributed by atoms with van der Waals surface area (Å²) in [5.41, 5.74) is -0.255. The summed E-state index contributed by atoms with van der Waals surface area (Å²) in [5.74, 6) is -1.26. The quantitative estimate of drug-likeness (QED) is 0.491. The van der Waals surface area contributed by atoms with Crippen LogP contribution in [0.2, 0.25) is 0 Å². The molecule has 0 aliphatic rings. The molecule has 2 aromatic rings. The number of nitrogens with zero attached hydrogens (tertiary/aromatic N) is 1. The van der Waals surface area contributed by atoms with Crippen molar-refractivity contribution in [3.63, 3.8) is 0 Å². The van der Waals surface area contributed by atoms with Crippen LogP contribution in [0.15, 0.2) is 53.4 Å². The Morgan fingerprint density at radius 1 is 1.05 bits per heavy atom. The first-order valence-electron chi connectivity index (χ1n) is 5.33. The minimum absolute atomic E-state index is 0.255. The summed E-state index contributed by atoms with van der Waals surface area (Å²) in [4.78, 5) is 9.51. The Morgan fingerprint density at radius 3 is 2.20 bits per heavy atom. The van der Waals surface area contributed by atoms with Crippen molar-refractivity contribution in [1.82, 2.24) is 0 Å². The molecule has 6 nitrogen and oxygen atoms in total. The molecule has 2 rings (SSSR count). The highest BCUT2D eigenvalue weighted by Crippen LogP contribution is 2.22. The van der Waals surface area contributed by atoms with Crippen molar-refractivity contribution in [2.45, 2.75) is 4.90 Å². The Bertz CT molecular complexity index is 743. The van der Waals surface area contributed by atoms with Crippen molar-refractivity contribution in [2.75, 3.05) is 0 Å². The number of rotatable bonds is 4. The second-order valence-corrected chi connectivity index (χ2v) is 5.27. The van der Waals surface area contributed by atoms with E-state index in [1.807, 2.05) is 0 Å². The topological polar surface area (TPSA) is 86.5 Å². The zero-order valence-electron chi connectivity index (χ0n) is 9.89. The van der Waals surface area contributed by atoms with E-state index in [1.165, 1.54) is 12.1 Å². The molecule has 104 valence electrons. The normalized spacial score (nSPS) is 11.1. The van der Waals surface area contributed by atoms with Gasteiger partial charge in [0.1, 0.15) is 4.90 Å².